The molecule has 0 unspecified atom stereocenters. The molecule has 2 aliphatic rings. The molecule has 132 valence electrons. The highest BCUT2D eigenvalue weighted by atomic mass is 16.2. The Morgan fingerprint density at radius 1 is 1.16 bits per heavy atom. The van der Waals surface area contributed by atoms with Gasteiger partial charge in [0.1, 0.15) is 11.3 Å². The summed E-state index contributed by atoms with van der Waals surface area (Å²) in [5.74, 6) is 1.24. The number of amides is 1. The van der Waals surface area contributed by atoms with E-state index in [0.717, 1.165) is 25.4 Å². The molecule has 7 nitrogen and oxygen atoms in total. The Hall–Kier alpha value is -2.44. The van der Waals surface area contributed by atoms with Crippen LogP contribution in [0.15, 0.2) is 21.7 Å². The van der Waals surface area contributed by atoms with Crippen molar-refractivity contribution in [2.75, 3.05) is 13.1 Å². The fourth-order valence-electron chi connectivity index (χ4n) is 4.29. The minimum Gasteiger partial charge on any atom is -0.337 e. The highest BCUT2D eigenvalue weighted by molar-refractivity contribution is 5.94. The summed E-state index contributed by atoms with van der Waals surface area (Å²) in [5.41, 5.74) is -0.472. The number of aromatic amines is 1. The maximum Gasteiger partial charge on any atom is 0.329 e. The van der Waals surface area contributed by atoms with Crippen LogP contribution in [-0.2, 0) is 7.05 Å². The van der Waals surface area contributed by atoms with Gasteiger partial charge in [0, 0.05) is 20.1 Å². The maximum atomic E-state index is 12.9. The molecule has 0 aromatic carbocycles. The molecule has 1 N–H and O–H groups in total. The second kappa shape index (κ2) is 6.13. The summed E-state index contributed by atoms with van der Waals surface area (Å²) in [5, 5.41) is 0.310. The third-order valence-corrected chi connectivity index (χ3v) is 5.76. The van der Waals surface area contributed by atoms with Gasteiger partial charge in [0.05, 0.1) is 5.39 Å². The van der Waals surface area contributed by atoms with Crippen molar-refractivity contribution in [3.8, 4) is 0 Å². The van der Waals surface area contributed by atoms with Crippen LogP contribution in [0, 0.1) is 11.8 Å². The minimum absolute atomic E-state index is 0.112. The van der Waals surface area contributed by atoms with E-state index in [9.17, 15) is 14.4 Å². The quantitative estimate of drug-likeness (QED) is 0.845. The number of hydrogen-bond acceptors (Lipinski definition) is 4. The average molecular weight is 342 g/mol. The number of rotatable bonds is 1. The first-order chi connectivity index (χ1) is 12.0. The predicted molar refractivity (Wildman–Crippen MR) is 93.6 cm³/mol. The Kier molecular flexibility index (Phi) is 3.94. The van der Waals surface area contributed by atoms with Crippen LogP contribution in [0.2, 0.25) is 0 Å². The minimum atomic E-state index is -0.530. The zero-order chi connectivity index (χ0) is 17.6. The highest BCUT2D eigenvalue weighted by Crippen LogP contribution is 2.36. The van der Waals surface area contributed by atoms with Crippen molar-refractivity contribution in [2.24, 2.45) is 18.9 Å². The summed E-state index contributed by atoms with van der Waals surface area (Å²) in [6.07, 6.45) is 6.10. The number of fused-ring (bicyclic) bond motifs is 2. The molecule has 2 fully saturated rings. The fourth-order valence-corrected chi connectivity index (χ4v) is 4.29. The predicted octanol–water partition coefficient (Wildman–Crippen LogP) is 1.27. The Balaban J connectivity index is 1.65. The van der Waals surface area contributed by atoms with Gasteiger partial charge < -0.3 is 4.90 Å². The molecule has 1 aliphatic heterocycles. The van der Waals surface area contributed by atoms with Crippen LogP contribution in [-0.4, -0.2) is 38.4 Å². The van der Waals surface area contributed by atoms with Gasteiger partial charge in [-0.2, -0.15) is 0 Å². The second-order valence-electron chi connectivity index (χ2n) is 7.23. The average Bonchev–Trinajstić information content (AvgIpc) is 2.65. The lowest BCUT2D eigenvalue weighted by atomic mass is 9.75. The number of hydrogen-bond donors (Lipinski definition) is 1. The van der Waals surface area contributed by atoms with E-state index in [1.54, 1.807) is 12.1 Å². The molecule has 1 saturated carbocycles. The van der Waals surface area contributed by atoms with E-state index in [0.29, 0.717) is 17.0 Å². The van der Waals surface area contributed by atoms with E-state index >= 15 is 0 Å². The normalized spacial score (nSPS) is 23.5. The van der Waals surface area contributed by atoms with E-state index in [4.69, 9.17) is 0 Å². The first-order valence-electron chi connectivity index (χ1n) is 8.94. The van der Waals surface area contributed by atoms with Gasteiger partial charge in [0.25, 0.3) is 11.5 Å². The molecule has 2 aromatic rings. The Labute approximate surface area is 144 Å². The van der Waals surface area contributed by atoms with Crippen molar-refractivity contribution in [1.82, 2.24) is 19.4 Å². The number of piperidine rings is 1. The van der Waals surface area contributed by atoms with Gasteiger partial charge in [-0.25, -0.2) is 9.78 Å². The van der Waals surface area contributed by atoms with E-state index in [-0.39, 0.29) is 11.6 Å². The number of likely N-dealkylation sites (tertiary alicyclic amines) is 1. The molecule has 0 spiro atoms. The van der Waals surface area contributed by atoms with Gasteiger partial charge in [0.2, 0.25) is 0 Å². The summed E-state index contributed by atoms with van der Waals surface area (Å²) in [7, 11) is 1.54. The SMILES string of the molecule is Cn1c(=O)[nH]c(=O)c2ccc(C(=O)N3CC[C@@H]4CCCC[C@@H]4C3)nc21. The van der Waals surface area contributed by atoms with Gasteiger partial charge in [-0.15, -0.1) is 0 Å². The molecular weight excluding hydrogens is 320 g/mol. The Bertz CT molecular complexity index is 945. The molecule has 3 heterocycles. The highest BCUT2D eigenvalue weighted by Gasteiger charge is 2.33. The summed E-state index contributed by atoms with van der Waals surface area (Å²) in [6, 6.07) is 3.15. The van der Waals surface area contributed by atoms with E-state index < -0.39 is 11.2 Å². The summed E-state index contributed by atoms with van der Waals surface area (Å²) < 4.78 is 1.26. The number of pyridine rings is 1. The summed E-state index contributed by atoms with van der Waals surface area (Å²) >= 11 is 0. The fraction of sp³-hybridized carbons (Fsp3) is 0.556. The molecule has 2 aromatic heterocycles. The van der Waals surface area contributed by atoms with Crippen molar-refractivity contribution in [3.05, 3.63) is 38.7 Å². The van der Waals surface area contributed by atoms with Crippen LogP contribution in [0.25, 0.3) is 11.0 Å². The van der Waals surface area contributed by atoms with Crippen molar-refractivity contribution in [2.45, 2.75) is 32.1 Å². The standard InChI is InChI=1S/C18H22N4O3/c1-21-15-13(16(23)20-18(21)25)6-7-14(19-15)17(24)22-9-8-11-4-2-3-5-12(11)10-22/h6-7,11-12H,2-5,8-10H2,1H3,(H,20,23,25)/t11-,12+/m0/s1. The smallest absolute Gasteiger partial charge is 0.329 e. The zero-order valence-electron chi connectivity index (χ0n) is 14.3. The van der Waals surface area contributed by atoms with Gasteiger partial charge in [-0.1, -0.05) is 19.3 Å². The molecule has 7 heteroatoms. The van der Waals surface area contributed by atoms with Crippen LogP contribution in [0.4, 0.5) is 0 Å². The molecule has 25 heavy (non-hydrogen) atoms. The van der Waals surface area contributed by atoms with Crippen LogP contribution in [0.1, 0.15) is 42.6 Å². The van der Waals surface area contributed by atoms with Crippen molar-refractivity contribution < 1.29 is 4.79 Å². The van der Waals surface area contributed by atoms with Gasteiger partial charge in [-0.05, 0) is 36.8 Å². The van der Waals surface area contributed by atoms with Crippen molar-refractivity contribution >= 4 is 16.9 Å². The Morgan fingerprint density at radius 3 is 2.72 bits per heavy atom. The summed E-state index contributed by atoms with van der Waals surface area (Å²) in [6.45, 7) is 1.55. The topological polar surface area (TPSA) is 88.1 Å². The van der Waals surface area contributed by atoms with E-state index in [1.807, 2.05) is 4.90 Å². The van der Waals surface area contributed by atoms with E-state index in [2.05, 4.69) is 9.97 Å². The third-order valence-electron chi connectivity index (χ3n) is 5.76. The number of aryl methyl sites for hydroxylation is 1. The molecule has 2 atom stereocenters. The monoisotopic (exact) mass is 342 g/mol. The van der Waals surface area contributed by atoms with Gasteiger partial charge in [-0.3, -0.25) is 19.1 Å². The number of carbonyl (C=O) groups is 1. The van der Waals surface area contributed by atoms with Crippen LogP contribution < -0.4 is 11.2 Å². The van der Waals surface area contributed by atoms with Crippen LogP contribution in [0.5, 0.6) is 0 Å². The van der Waals surface area contributed by atoms with Crippen LogP contribution in [0.3, 0.4) is 0 Å². The lowest BCUT2D eigenvalue weighted by molar-refractivity contribution is 0.0516. The molecule has 0 bridgehead atoms. The number of carbonyl (C=O) groups excluding carboxylic acids is 1. The molecule has 0 radical (unpaired) electrons. The second-order valence-corrected chi connectivity index (χ2v) is 7.23. The molecule has 4 rings (SSSR count). The van der Waals surface area contributed by atoms with Crippen LogP contribution >= 0.6 is 0 Å². The third kappa shape index (κ3) is 2.77. The molecule has 1 aliphatic carbocycles. The number of nitrogens with one attached hydrogen (secondary N) is 1. The number of aromatic nitrogens is 3. The molecule has 1 amide bonds. The zero-order valence-corrected chi connectivity index (χ0v) is 14.3. The van der Waals surface area contributed by atoms with Crippen molar-refractivity contribution in [3.63, 3.8) is 0 Å². The Morgan fingerprint density at radius 2 is 1.92 bits per heavy atom. The molecular formula is C18H22N4O3. The van der Waals surface area contributed by atoms with Gasteiger partial charge >= 0.3 is 5.69 Å². The maximum absolute atomic E-state index is 12.9. The van der Waals surface area contributed by atoms with Crippen molar-refractivity contribution in [1.29, 1.82) is 0 Å². The molecule has 1 saturated heterocycles. The van der Waals surface area contributed by atoms with Gasteiger partial charge in [0.15, 0.2) is 0 Å². The number of nitrogens with zero attached hydrogens (tertiary/aromatic N) is 3. The lowest BCUT2D eigenvalue weighted by Crippen LogP contribution is -2.45. The first kappa shape index (κ1) is 16.1. The number of H-pyrrole nitrogens is 1. The first-order valence-corrected chi connectivity index (χ1v) is 8.94. The van der Waals surface area contributed by atoms with E-state index in [1.165, 1.54) is 37.3 Å². The lowest BCUT2D eigenvalue weighted by Gasteiger charge is -2.41. The summed E-state index contributed by atoms with van der Waals surface area (Å²) in [4.78, 5) is 45.0. The largest absolute Gasteiger partial charge is 0.337 e.